The van der Waals surface area contributed by atoms with E-state index in [9.17, 15) is 14.4 Å². The maximum Gasteiger partial charge on any atom is 0.243 e. The lowest BCUT2D eigenvalue weighted by Gasteiger charge is -2.33. The first-order valence-corrected chi connectivity index (χ1v) is 6.73. The summed E-state index contributed by atoms with van der Waals surface area (Å²) in [5, 5.41) is 0. The largest absolute Gasteiger partial charge is 0.348 e. The normalized spacial score (nSPS) is 15.9. The van der Waals surface area contributed by atoms with Crippen LogP contribution in [-0.4, -0.2) is 58.1 Å². The Bertz CT molecular complexity index is 536. The Morgan fingerprint density at radius 3 is 2.45 bits per heavy atom. The minimum absolute atomic E-state index is 0.00496. The van der Waals surface area contributed by atoms with E-state index >= 15 is 0 Å². The highest BCUT2D eigenvalue weighted by atomic mass is 16.2. The Morgan fingerprint density at radius 2 is 1.85 bits per heavy atom. The van der Waals surface area contributed by atoms with Crippen LogP contribution in [-0.2, 0) is 16.6 Å². The number of amides is 2. The molecule has 0 atom stereocenters. The van der Waals surface area contributed by atoms with Gasteiger partial charge in [-0.3, -0.25) is 14.4 Å². The van der Waals surface area contributed by atoms with Gasteiger partial charge in [-0.25, -0.2) is 0 Å². The number of aromatic nitrogens is 1. The summed E-state index contributed by atoms with van der Waals surface area (Å²) in [5.41, 5.74) is 0.543. The summed E-state index contributed by atoms with van der Waals surface area (Å²) in [6.45, 7) is 2.58. The average Bonchev–Trinajstić information content (AvgIpc) is 2.82. The van der Waals surface area contributed by atoms with Gasteiger partial charge in [0, 0.05) is 19.8 Å². The number of carbonyl (C=O) groups excluding carboxylic acids is 3. The van der Waals surface area contributed by atoms with Crippen LogP contribution in [0.3, 0.4) is 0 Å². The van der Waals surface area contributed by atoms with E-state index in [1.165, 1.54) is 4.90 Å². The second kappa shape index (κ2) is 5.90. The van der Waals surface area contributed by atoms with Crippen molar-refractivity contribution in [1.29, 1.82) is 0 Å². The first-order valence-electron chi connectivity index (χ1n) is 6.73. The third-order valence-corrected chi connectivity index (χ3v) is 3.42. The van der Waals surface area contributed by atoms with Gasteiger partial charge in [-0.1, -0.05) is 6.92 Å². The molecule has 2 amide bonds. The lowest BCUT2D eigenvalue weighted by Crippen LogP contribution is -2.55. The van der Waals surface area contributed by atoms with Gasteiger partial charge >= 0.3 is 0 Å². The minimum Gasteiger partial charge on any atom is -0.348 e. The van der Waals surface area contributed by atoms with E-state index < -0.39 is 0 Å². The zero-order valence-corrected chi connectivity index (χ0v) is 11.8. The van der Waals surface area contributed by atoms with Crippen molar-refractivity contribution in [3.05, 3.63) is 24.0 Å². The molecule has 0 aromatic carbocycles. The fourth-order valence-corrected chi connectivity index (χ4v) is 2.33. The fourth-order valence-electron chi connectivity index (χ4n) is 2.33. The van der Waals surface area contributed by atoms with Crippen LogP contribution < -0.4 is 0 Å². The molecule has 1 aliphatic rings. The van der Waals surface area contributed by atoms with Crippen molar-refractivity contribution in [2.75, 3.05) is 26.2 Å². The molecule has 0 bridgehead atoms. The molecule has 0 aliphatic carbocycles. The minimum atomic E-state index is -0.166. The Labute approximate surface area is 117 Å². The van der Waals surface area contributed by atoms with Crippen molar-refractivity contribution in [2.24, 2.45) is 7.05 Å². The Balaban J connectivity index is 2.01. The predicted octanol–water partition coefficient (Wildman–Crippen LogP) is 0.289. The highest BCUT2D eigenvalue weighted by Crippen LogP contribution is 2.08. The second-order valence-corrected chi connectivity index (χ2v) is 4.99. The molecule has 0 saturated carbocycles. The van der Waals surface area contributed by atoms with E-state index in [0.717, 1.165) is 6.42 Å². The molecule has 2 rings (SSSR count). The summed E-state index contributed by atoms with van der Waals surface area (Å²) in [5.74, 6) is -0.408. The molecular formula is C14H19N3O3. The molecule has 6 heteroatoms. The standard InChI is InChI=1S/C14H19N3O3/c1-3-6-16-9-14(20)17(10-13(16)19)8-12(18)11-5-4-7-15(11)2/h4-5,7H,3,6,8-10H2,1-2H3. The van der Waals surface area contributed by atoms with Crippen LogP contribution in [0, 0.1) is 0 Å². The molecule has 1 aromatic rings. The first-order chi connectivity index (χ1) is 9.52. The average molecular weight is 277 g/mol. The van der Waals surface area contributed by atoms with Crippen LogP contribution in [0.4, 0.5) is 0 Å². The lowest BCUT2D eigenvalue weighted by atomic mass is 10.2. The molecule has 0 radical (unpaired) electrons. The molecule has 6 nitrogen and oxygen atoms in total. The molecule has 0 spiro atoms. The fraction of sp³-hybridized carbons (Fsp3) is 0.500. The van der Waals surface area contributed by atoms with E-state index in [4.69, 9.17) is 0 Å². The van der Waals surface area contributed by atoms with Crippen LogP contribution in [0.15, 0.2) is 18.3 Å². The zero-order chi connectivity index (χ0) is 14.7. The van der Waals surface area contributed by atoms with Crippen molar-refractivity contribution in [2.45, 2.75) is 13.3 Å². The number of rotatable bonds is 5. The highest BCUT2D eigenvalue weighted by molar-refractivity contribution is 6.00. The molecule has 2 heterocycles. The Morgan fingerprint density at radius 1 is 1.20 bits per heavy atom. The lowest BCUT2D eigenvalue weighted by molar-refractivity contribution is -0.149. The van der Waals surface area contributed by atoms with E-state index in [0.29, 0.717) is 12.2 Å². The highest BCUT2D eigenvalue weighted by Gasteiger charge is 2.30. The maximum absolute atomic E-state index is 12.1. The van der Waals surface area contributed by atoms with Gasteiger partial charge in [0.1, 0.15) is 6.54 Å². The number of nitrogens with zero attached hydrogens (tertiary/aromatic N) is 3. The Kier molecular flexibility index (Phi) is 4.22. The molecule has 1 saturated heterocycles. The predicted molar refractivity (Wildman–Crippen MR) is 73.2 cm³/mol. The van der Waals surface area contributed by atoms with Gasteiger partial charge in [-0.2, -0.15) is 0 Å². The molecule has 20 heavy (non-hydrogen) atoms. The van der Waals surface area contributed by atoms with Crippen molar-refractivity contribution in [3.8, 4) is 0 Å². The van der Waals surface area contributed by atoms with E-state index in [1.807, 2.05) is 6.92 Å². The van der Waals surface area contributed by atoms with Gasteiger partial charge in [0.15, 0.2) is 5.78 Å². The molecular weight excluding hydrogens is 258 g/mol. The van der Waals surface area contributed by atoms with Gasteiger partial charge in [-0.15, -0.1) is 0 Å². The smallest absolute Gasteiger partial charge is 0.243 e. The van der Waals surface area contributed by atoms with Crippen molar-refractivity contribution in [3.63, 3.8) is 0 Å². The second-order valence-electron chi connectivity index (χ2n) is 4.99. The van der Waals surface area contributed by atoms with E-state index in [1.54, 1.807) is 34.8 Å². The van der Waals surface area contributed by atoms with Crippen LogP contribution in [0.25, 0.3) is 0 Å². The van der Waals surface area contributed by atoms with Crippen molar-refractivity contribution in [1.82, 2.24) is 14.4 Å². The third kappa shape index (κ3) is 2.89. The summed E-state index contributed by atoms with van der Waals surface area (Å²) in [4.78, 5) is 38.9. The third-order valence-electron chi connectivity index (χ3n) is 3.42. The maximum atomic E-state index is 12.1. The number of ketones is 1. The number of aryl methyl sites for hydroxylation is 1. The van der Waals surface area contributed by atoms with Gasteiger partial charge in [0.25, 0.3) is 0 Å². The summed E-state index contributed by atoms with van der Waals surface area (Å²) in [6, 6.07) is 3.49. The first kappa shape index (κ1) is 14.3. The molecule has 108 valence electrons. The SMILES string of the molecule is CCCN1CC(=O)N(CC(=O)c2cccn2C)CC1=O. The molecule has 1 aliphatic heterocycles. The van der Waals surface area contributed by atoms with Crippen molar-refractivity contribution < 1.29 is 14.4 Å². The number of hydrogen-bond acceptors (Lipinski definition) is 3. The van der Waals surface area contributed by atoms with Crippen molar-refractivity contribution >= 4 is 17.6 Å². The summed E-state index contributed by atoms with van der Waals surface area (Å²) in [7, 11) is 1.78. The quantitative estimate of drug-likeness (QED) is 0.727. The molecule has 0 N–H and O–H groups in total. The summed E-state index contributed by atoms with van der Waals surface area (Å²) < 4.78 is 1.71. The topological polar surface area (TPSA) is 62.6 Å². The summed E-state index contributed by atoms with van der Waals surface area (Å²) in [6.07, 6.45) is 2.60. The van der Waals surface area contributed by atoms with Crippen LogP contribution >= 0.6 is 0 Å². The van der Waals surface area contributed by atoms with Gasteiger partial charge in [0.2, 0.25) is 11.8 Å². The number of Topliss-reactive ketones (excluding diaryl/α,β-unsaturated/α-hetero) is 1. The monoisotopic (exact) mass is 277 g/mol. The zero-order valence-electron chi connectivity index (χ0n) is 11.8. The van der Waals surface area contributed by atoms with Gasteiger partial charge < -0.3 is 14.4 Å². The number of carbonyl (C=O) groups is 3. The number of hydrogen-bond donors (Lipinski definition) is 0. The van der Waals surface area contributed by atoms with Crippen LogP contribution in [0.2, 0.25) is 0 Å². The van der Waals surface area contributed by atoms with Gasteiger partial charge in [-0.05, 0) is 18.6 Å². The summed E-state index contributed by atoms with van der Waals surface area (Å²) >= 11 is 0. The molecule has 1 aromatic heterocycles. The van der Waals surface area contributed by atoms with Gasteiger partial charge in [0.05, 0.1) is 18.8 Å². The molecule has 0 unspecified atom stereocenters. The van der Waals surface area contributed by atoms with E-state index in [2.05, 4.69) is 0 Å². The van der Waals surface area contributed by atoms with Crippen LogP contribution in [0.5, 0.6) is 0 Å². The Hall–Kier alpha value is -2.11. The van der Waals surface area contributed by atoms with Crippen LogP contribution in [0.1, 0.15) is 23.8 Å². The van der Waals surface area contributed by atoms with E-state index in [-0.39, 0.29) is 37.2 Å². The molecule has 1 fully saturated rings. The number of piperazine rings is 1.